The lowest BCUT2D eigenvalue weighted by Gasteiger charge is -2.05. The average Bonchev–Trinajstić information content (AvgIpc) is 2.32. The molecule has 92 valence electrons. The summed E-state index contributed by atoms with van der Waals surface area (Å²) >= 11 is 6.24. The Bertz CT molecular complexity index is 604. The van der Waals surface area contributed by atoms with E-state index >= 15 is 0 Å². The van der Waals surface area contributed by atoms with E-state index in [9.17, 15) is 9.18 Å². The van der Waals surface area contributed by atoms with Crippen LogP contribution in [0.25, 0.3) is 0 Å². The van der Waals surface area contributed by atoms with Crippen LogP contribution in [0, 0.1) is 5.82 Å². The molecule has 2 aromatic rings. The summed E-state index contributed by atoms with van der Waals surface area (Å²) in [5.41, 5.74) is 0.352. The third-order valence-electron chi connectivity index (χ3n) is 2.14. The first kappa shape index (κ1) is 13.2. The number of nitrogens with one attached hydrogen (secondary N) is 1. The molecule has 0 aliphatic heterocycles. The summed E-state index contributed by atoms with van der Waals surface area (Å²) in [7, 11) is 0. The maximum atomic E-state index is 13.0. The summed E-state index contributed by atoms with van der Waals surface area (Å²) in [5, 5.41) is 2.62. The zero-order valence-corrected chi connectivity index (χ0v) is 12.1. The van der Waals surface area contributed by atoms with Crippen LogP contribution in [0.1, 0.15) is 10.4 Å². The Balaban J connectivity index is 2.19. The fourth-order valence-corrected chi connectivity index (χ4v) is 2.03. The number of nitrogens with zero attached hydrogens (tertiary/aromatic N) is 1. The van der Waals surface area contributed by atoms with Gasteiger partial charge in [-0.1, -0.05) is 6.07 Å². The van der Waals surface area contributed by atoms with Crippen LogP contribution in [-0.4, -0.2) is 10.9 Å². The van der Waals surface area contributed by atoms with Gasteiger partial charge in [0.2, 0.25) is 0 Å². The van der Waals surface area contributed by atoms with E-state index in [0.29, 0.717) is 16.0 Å². The van der Waals surface area contributed by atoms with Gasteiger partial charge in [-0.25, -0.2) is 9.37 Å². The van der Waals surface area contributed by atoms with Gasteiger partial charge < -0.3 is 5.32 Å². The maximum absolute atomic E-state index is 13.0. The molecule has 6 heteroatoms. The molecule has 1 amide bonds. The molecule has 0 spiro atoms. The van der Waals surface area contributed by atoms with E-state index in [2.05, 4.69) is 42.2 Å². The number of aromatic nitrogens is 1. The molecule has 2 rings (SSSR count). The third kappa shape index (κ3) is 3.14. The predicted molar refractivity (Wildman–Crippen MR) is 74.0 cm³/mol. The van der Waals surface area contributed by atoms with Crippen LogP contribution in [0.5, 0.6) is 0 Å². The van der Waals surface area contributed by atoms with Crippen molar-refractivity contribution in [1.82, 2.24) is 4.98 Å². The Kier molecular flexibility index (Phi) is 4.08. The van der Waals surface area contributed by atoms with E-state index in [0.717, 1.165) is 0 Å². The second-order valence-corrected chi connectivity index (χ2v) is 5.10. The maximum Gasteiger partial charge on any atom is 0.256 e. The molecule has 1 N–H and O–H groups in total. The van der Waals surface area contributed by atoms with Crippen LogP contribution >= 0.6 is 31.9 Å². The summed E-state index contributed by atoms with van der Waals surface area (Å²) in [5.74, 6) is -0.330. The van der Waals surface area contributed by atoms with E-state index in [1.165, 1.54) is 18.2 Å². The summed E-state index contributed by atoms with van der Waals surface area (Å²) in [6, 6.07) is 9.24. The molecule has 0 aliphatic rings. The lowest BCUT2D eigenvalue weighted by Crippen LogP contribution is -2.13. The van der Waals surface area contributed by atoms with Crippen molar-refractivity contribution in [3.8, 4) is 0 Å². The molecule has 18 heavy (non-hydrogen) atoms. The Hall–Kier alpha value is -1.27. The number of benzene rings is 1. The van der Waals surface area contributed by atoms with E-state index < -0.39 is 5.82 Å². The lowest BCUT2D eigenvalue weighted by molar-refractivity contribution is 0.102. The van der Waals surface area contributed by atoms with Gasteiger partial charge in [0.1, 0.15) is 16.2 Å². The third-order valence-corrected chi connectivity index (χ3v) is 3.19. The number of carbonyl (C=O) groups excluding carboxylic acids is 1. The first-order chi connectivity index (χ1) is 8.56. The van der Waals surface area contributed by atoms with Crippen molar-refractivity contribution < 1.29 is 9.18 Å². The molecular formula is C12H7Br2FN2O. The molecule has 3 nitrogen and oxygen atoms in total. The molecule has 0 unspecified atom stereocenters. The van der Waals surface area contributed by atoms with E-state index in [4.69, 9.17) is 0 Å². The Labute approximate surface area is 120 Å². The van der Waals surface area contributed by atoms with Crippen LogP contribution in [0.3, 0.4) is 0 Å². The van der Waals surface area contributed by atoms with Gasteiger partial charge in [-0.3, -0.25) is 4.79 Å². The van der Waals surface area contributed by atoms with Gasteiger partial charge in [0.05, 0.1) is 4.47 Å². The summed E-state index contributed by atoms with van der Waals surface area (Å²) in [6.45, 7) is 0. The zero-order chi connectivity index (χ0) is 13.1. The normalized spacial score (nSPS) is 10.2. The Morgan fingerprint density at radius 1 is 1.22 bits per heavy atom. The highest BCUT2D eigenvalue weighted by Crippen LogP contribution is 2.18. The molecule has 0 fully saturated rings. The highest BCUT2D eigenvalue weighted by atomic mass is 79.9. The molecule has 1 heterocycles. The SMILES string of the molecule is O=C(Nc1cccc(Br)n1)c1ccc(F)c(Br)c1. The first-order valence-corrected chi connectivity index (χ1v) is 6.54. The number of anilines is 1. The van der Waals surface area contributed by atoms with Crippen molar-refractivity contribution in [2.75, 3.05) is 5.32 Å². The van der Waals surface area contributed by atoms with Gasteiger partial charge >= 0.3 is 0 Å². The molecule has 0 bridgehead atoms. The Morgan fingerprint density at radius 2 is 2.00 bits per heavy atom. The van der Waals surface area contributed by atoms with Crippen molar-refractivity contribution in [2.24, 2.45) is 0 Å². The molecule has 0 atom stereocenters. The number of pyridine rings is 1. The van der Waals surface area contributed by atoms with Crippen LogP contribution in [0.4, 0.5) is 10.2 Å². The van der Waals surface area contributed by atoms with Gasteiger partial charge in [-0.05, 0) is 62.2 Å². The molecule has 1 aromatic carbocycles. The molecule has 0 saturated heterocycles. The number of hydrogen-bond acceptors (Lipinski definition) is 2. The topological polar surface area (TPSA) is 42.0 Å². The fraction of sp³-hybridized carbons (Fsp3) is 0. The van der Waals surface area contributed by atoms with Crippen LogP contribution in [0.15, 0.2) is 45.5 Å². The highest BCUT2D eigenvalue weighted by molar-refractivity contribution is 9.10. The molecule has 0 aliphatic carbocycles. The molecule has 0 saturated carbocycles. The molecular weight excluding hydrogens is 367 g/mol. The quantitative estimate of drug-likeness (QED) is 0.808. The smallest absolute Gasteiger partial charge is 0.256 e. The zero-order valence-electron chi connectivity index (χ0n) is 8.95. The van der Waals surface area contributed by atoms with E-state index in [-0.39, 0.29) is 10.4 Å². The minimum atomic E-state index is -0.410. The minimum Gasteiger partial charge on any atom is -0.307 e. The van der Waals surface area contributed by atoms with Gasteiger partial charge in [-0.15, -0.1) is 0 Å². The number of rotatable bonds is 2. The number of hydrogen-bond donors (Lipinski definition) is 1. The van der Waals surface area contributed by atoms with E-state index in [1.54, 1.807) is 18.2 Å². The van der Waals surface area contributed by atoms with Gasteiger partial charge in [-0.2, -0.15) is 0 Å². The van der Waals surface area contributed by atoms with Gasteiger partial charge in [0.25, 0.3) is 5.91 Å². The number of amides is 1. The summed E-state index contributed by atoms with van der Waals surface area (Å²) < 4.78 is 13.9. The predicted octanol–water partition coefficient (Wildman–Crippen LogP) is 4.00. The summed E-state index contributed by atoms with van der Waals surface area (Å²) in [6.07, 6.45) is 0. The van der Waals surface area contributed by atoms with Crippen LogP contribution in [0.2, 0.25) is 0 Å². The highest BCUT2D eigenvalue weighted by Gasteiger charge is 2.09. The van der Waals surface area contributed by atoms with Crippen molar-refractivity contribution in [3.63, 3.8) is 0 Å². The number of carbonyl (C=O) groups is 1. The van der Waals surface area contributed by atoms with Gasteiger partial charge in [0, 0.05) is 5.56 Å². The van der Waals surface area contributed by atoms with Crippen molar-refractivity contribution in [3.05, 3.63) is 56.9 Å². The van der Waals surface area contributed by atoms with Crippen LogP contribution in [-0.2, 0) is 0 Å². The monoisotopic (exact) mass is 372 g/mol. The largest absolute Gasteiger partial charge is 0.307 e. The molecule has 1 aromatic heterocycles. The second kappa shape index (κ2) is 5.58. The number of halogens is 3. The van der Waals surface area contributed by atoms with Crippen LogP contribution < -0.4 is 5.32 Å². The Morgan fingerprint density at radius 3 is 2.67 bits per heavy atom. The first-order valence-electron chi connectivity index (χ1n) is 4.95. The summed E-state index contributed by atoms with van der Waals surface area (Å²) in [4.78, 5) is 16.0. The lowest BCUT2D eigenvalue weighted by atomic mass is 10.2. The minimum absolute atomic E-state index is 0.248. The van der Waals surface area contributed by atoms with Crippen molar-refractivity contribution in [2.45, 2.75) is 0 Å². The standard InChI is InChI=1S/C12H7Br2FN2O/c13-8-6-7(4-5-9(8)15)12(18)17-11-3-1-2-10(14)16-11/h1-6H,(H,16,17,18). The molecule has 0 radical (unpaired) electrons. The fourth-order valence-electron chi connectivity index (χ4n) is 1.30. The van der Waals surface area contributed by atoms with Crippen molar-refractivity contribution >= 4 is 43.6 Å². The average molecular weight is 374 g/mol. The second-order valence-electron chi connectivity index (χ2n) is 3.43. The van der Waals surface area contributed by atoms with Gasteiger partial charge in [0.15, 0.2) is 0 Å². The van der Waals surface area contributed by atoms with E-state index in [1.807, 2.05) is 0 Å². The van der Waals surface area contributed by atoms with Crippen molar-refractivity contribution in [1.29, 1.82) is 0 Å².